The minimum Gasteiger partial charge on any atom is -0.484 e. The van der Waals surface area contributed by atoms with Gasteiger partial charge in [-0.2, -0.15) is 0 Å². The molecule has 7 nitrogen and oxygen atoms in total. The molecule has 1 amide bonds. The number of carbonyl (C=O) groups is 1. The van der Waals surface area contributed by atoms with Crippen molar-refractivity contribution in [2.45, 2.75) is 32.4 Å². The predicted octanol–water partition coefficient (Wildman–Crippen LogP) is 2.95. The highest BCUT2D eigenvalue weighted by atomic mass is 127. The summed E-state index contributed by atoms with van der Waals surface area (Å²) in [5, 5.41) is 6.81. The maximum Gasteiger partial charge on any atom is 0.255 e. The molecule has 2 aromatic carbocycles. The Kier molecular flexibility index (Phi) is 10.0. The number of anilines is 1. The van der Waals surface area contributed by atoms with Gasteiger partial charge in [0, 0.05) is 38.4 Å². The van der Waals surface area contributed by atoms with Crippen molar-refractivity contribution in [1.29, 1.82) is 0 Å². The second-order valence-corrected chi connectivity index (χ2v) is 7.69. The maximum atomic E-state index is 13.5. The van der Waals surface area contributed by atoms with E-state index in [0.717, 1.165) is 42.7 Å². The Morgan fingerprint density at radius 3 is 2.84 bits per heavy atom. The number of primary amides is 1. The van der Waals surface area contributed by atoms with E-state index in [0.29, 0.717) is 18.3 Å². The van der Waals surface area contributed by atoms with Gasteiger partial charge in [0.15, 0.2) is 12.6 Å². The summed E-state index contributed by atoms with van der Waals surface area (Å²) in [6, 6.07) is 12.7. The van der Waals surface area contributed by atoms with E-state index in [9.17, 15) is 9.18 Å². The SMILES string of the molecule is CN=C(NCc1cccc(OCC(N)=O)c1)NC1CCCN(c2ccc(F)cc2C)C1.I. The molecule has 1 fully saturated rings. The third-order valence-corrected chi connectivity index (χ3v) is 5.22. The van der Waals surface area contributed by atoms with Gasteiger partial charge in [-0.15, -0.1) is 24.0 Å². The van der Waals surface area contributed by atoms with Gasteiger partial charge in [0.1, 0.15) is 11.6 Å². The van der Waals surface area contributed by atoms with Gasteiger partial charge in [0.25, 0.3) is 5.91 Å². The maximum absolute atomic E-state index is 13.5. The lowest BCUT2D eigenvalue weighted by Crippen LogP contribution is -2.51. The highest BCUT2D eigenvalue weighted by Crippen LogP contribution is 2.24. The Bertz CT molecular complexity index is 940. The molecule has 174 valence electrons. The number of piperidine rings is 1. The first-order valence-electron chi connectivity index (χ1n) is 10.4. The Hall–Kier alpha value is -2.56. The Labute approximate surface area is 205 Å². The molecule has 4 N–H and O–H groups in total. The molecule has 9 heteroatoms. The number of halogens is 2. The van der Waals surface area contributed by atoms with Gasteiger partial charge in [-0.1, -0.05) is 12.1 Å². The van der Waals surface area contributed by atoms with E-state index in [-0.39, 0.29) is 42.4 Å². The molecule has 0 radical (unpaired) electrons. The lowest BCUT2D eigenvalue weighted by molar-refractivity contribution is -0.119. The summed E-state index contributed by atoms with van der Waals surface area (Å²) in [5.41, 5.74) is 8.14. The molecule has 0 aromatic heterocycles. The van der Waals surface area contributed by atoms with Crippen molar-refractivity contribution >= 4 is 41.5 Å². The summed E-state index contributed by atoms with van der Waals surface area (Å²) in [7, 11) is 1.74. The lowest BCUT2D eigenvalue weighted by Gasteiger charge is -2.36. The minimum atomic E-state index is -0.509. The molecule has 0 spiro atoms. The van der Waals surface area contributed by atoms with Crippen LogP contribution in [0, 0.1) is 12.7 Å². The van der Waals surface area contributed by atoms with Gasteiger partial charge in [0.2, 0.25) is 0 Å². The van der Waals surface area contributed by atoms with Crippen molar-refractivity contribution in [1.82, 2.24) is 10.6 Å². The van der Waals surface area contributed by atoms with E-state index in [1.165, 1.54) is 6.07 Å². The zero-order chi connectivity index (χ0) is 22.2. The first kappa shape index (κ1) is 25.7. The molecule has 1 saturated heterocycles. The van der Waals surface area contributed by atoms with Crippen LogP contribution < -0.4 is 26.0 Å². The zero-order valence-corrected chi connectivity index (χ0v) is 20.8. The minimum absolute atomic E-state index is 0. The summed E-state index contributed by atoms with van der Waals surface area (Å²) < 4.78 is 18.8. The number of nitrogens with two attached hydrogens (primary N) is 1. The lowest BCUT2D eigenvalue weighted by atomic mass is 10.0. The molecular weight excluding hydrogens is 524 g/mol. The number of rotatable bonds is 7. The zero-order valence-electron chi connectivity index (χ0n) is 18.4. The third-order valence-electron chi connectivity index (χ3n) is 5.22. The third kappa shape index (κ3) is 7.54. The number of carbonyl (C=O) groups excluding carboxylic acids is 1. The largest absolute Gasteiger partial charge is 0.484 e. The van der Waals surface area contributed by atoms with Gasteiger partial charge in [-0.3, -0.25) is 9.79 Å². The number of nitrogens with zero attached hydrogens (tertiary/aromatic N) is 2. The second kappa shape index (κ2) is 12.5. The molecule has 1 heterocycles. The summed E-state index contributed by atoms with van der Waals surface area (Å²) in [6.07, 6.45) is 2.08. The van der Waals surface area contributed by atoms with Crippen LogP contribution in [0.5, 0.6) is 5.75 Å². The summed E-state index contributed by atoms with van der Waals surface area (Å²) in [4.78, 5) is 17.5. The molecule has 1 aliphatic heterocycles. The first-order chi connectivity index (χ1) is 14.9. The highest BCUT2D eigenvalue weighted by molar-refractivity contribution is 14.0. The Morgan fingerprint density at radius 1 is 1.31 bits per heavy atom. The number of aryl methyl sites for hydroxylation is 1. The topological polar surface area (TPSA) is 92.0 Å². The van der Waals surface area contributed by atoms with Crippen LogP contribution in [0.15, 0.2) is 47.5 Å². The number of guanidine groups is 1. The van der Waals surface area contributed by atoms with Crippen molar-refractivity contribution in [2.75, 3.05) is 31.6 Å². The molecule has 0 bridgehead atoms. The predicted molar refractivity (Wildman–Crippen MR) is 136 cm³/mol. The quantitative estimate of drug-likeness (QED) is 0.278. The fourth-order valence-corrected chi connectivity index (χ4v) is 3.76. The molecule has 3 rings (SSSR count). The molecule has 0 saturated carbocycles. The molecule has 0 aliphatic carbocycles. The van der Waals surface area contributed by atoms with Crippen LogP contribution in [-0.2, 0) is 11.3 Å². The number of hydrogen-bond acceptors (Lipinski definition) is 4. The van der Waals surface area contributed by atoms with Crippen molar-refractivity contribution in [3.8, 4) is 5.75 Å². The van der Waals surface area contributed by atoms with Crippen LogP contribution in [0.25, 0.3) is 0 Å². The first-order valence-corrected chi connectivity index (χ1v) is 10.4. The second-order valence-electron chi connectivity index (χ2n) is 7.69. The van der Waals surface area contributed by atoms with E-state index in [1.54, 1.807) is 19.2 Å². The standard InChI is InChI=1S/C23H30FN5O2.HI/c1-16-11-18(24)8-9-21(16)29-10-4-6-19(14-29)28-23(26-2)27-13-17-5-3-7-20(12-17)31-15-22(25)30;/h3,5,7-9,11-12,19H,4,6,10,13-15H2,1-2H3,(H2,25,30)(H2,26,27,28);1H. The number of aliphatic imine (C=N–C) groups is 1. The van der Waals surface area contributed by atoms with Gasteiger partial charge in [-0.25, -0.2) is 4.39 Å². The van der Waals surface area contributed by atoms with Crippen LogP contribution in [-0.4, -0.2) is 44.7 Å². The molecule has 1 aliphatic rings. The van der Waals surface area contributed by atoms with Crippen molar-refractivity contribution < 1.29 is 13.9 Å². The number of ether oxygens (including phenoxy) is 1. The Morgan fingerprint density at radius 2 is 2.12 bits per heavy atom. The summed E-state index contributed by atoms with van der Waals surface area (Å²) in [6.45, 7) is 4.13. The summed E-state index contributed by atoms with van der Waals surface area (Å²) in [5.74, 6) is 0.594. The molecular formula is C23H31FIN5O2. The van der Waals surface area contributed by atoms with Gasteiger partial charge in [-0.05, 0) is 61.2 Å². The van der Waals surface area contributed by atoms with E-state index in [1.807, 2.05) is 31.2 Å². The van der Waals surface area contributed by atoms with E-state index in [4.69, 9.17) is 10.5 Å². The van der Waals surface area contributed by atoms with Gasteiger partial charge in [0.05, 0.1) is 0 Å². The van der Waals surface area contributed by atoms with Gasteiger partial charge < -0.3 is 26.0 Å². The average molecular weight is 555 g/mol. The normalized spacial score (nSPS) is 16.2. The Balaban J connectivity index is 0.00000363. The monoisotopic (exact) mass is 555 g/mol. The van der Waals surface area contributed by atoms with Crippen LogP contribution >= 0.6 is 24.0 Å². The highest BCUT2D eigenvalue weighted by Gasteiger charge is 2.22. The molecule has 32 heavy (non-hydrogen) atoms. The number of hydrogen-bond donors (Lipinski definition) is 3. The van der Waals surface area contributed by atoms with Crippen LogP contribution in [0.1, 0.15) is 24.0 Å². The van der Waals surface area contributed by atoms with Crippen molar-refractivity contribution in [2.24, 2.45) is 10.7 Å². The molecule has 1 unspecified atom stereocenters. The van der Waals surface area contributed by atoms with Crippen LogP contribution in [0.3, 0.4) is 0 Å². The van der Waals surface area contributed by atoms with Gasteiger partial charge >= 0.3 is 0 Å². The molecule has 2 aromatic rings. The number of benzene rings is 2. The van der Waals surface area contributed by atoms with Crippen molar-refractivity contribution in [3.63, 3.8) is 0 Å². The van der Waals surface area contributed by atoms with Crippen LogP contribution in [0.2, 0.25) is 0 Å². The molecule has 1 atom stereocenters. The summed E-state index contributed by atoms with van der Waals surface area (Å²) >= 11 is 0. The fourth-order valence-electron chi connectivity index (χ4n) is 3.76. The van der Waals surface area contributed by atoms with E-state index in [2.05, 4.69) is 20.5 Å². The number of nitrogens with one attached hydrogen (secondary N) is 2. The smallest absolute Gasteiger partial charge is 0.255 e. The van der Waals surface area contributed by atoms with Crippen LogP contribution in [0.4, 0.5) is 10.1 Å². The van der Waals surface area contributed by atoms with Crippen molar-refractivity contribution in [3.05, 3.63) is 59.4 Å². The fraction of sp³-hybridized carbons (Fsp3) is 0.391. The van der Waals surface area contributed by atoms with E-state index < -0.39 is 5.91 Å². The van der Waals surface area contributed by atoms with E-state index >= 15 is 0 Å². The number of amides is 1. The average Bonchev–Trinajstić information content (AvgIpc) is 2.75.